The first-order valence-electron chi connectivity index (χ1n) is 9.90. The van der Waals surface area contributed by atoms with E-state index in [9.17, 15) is 18.0 Å². The first-order valence-corrected chi connectivity index (χ1v) is 12.5. The second-order valence-corrected chi connectivity index (χ2v) is 10.7. The van der Waals surface area contributed by atoms with Gasteiger partial charge in [0.1, 0.15) is 6.54 Å². The Bertz CT molecular complexity index is 1510. The van der Waals surface area contributed by atoms with E-state index in [4.69, 9.17) is 11.6 Å². The number of carbonyl (C=O) groups excluding carboxylic acids is 1. The van der Waals surface area contributed by atoms with E-state index < -0.39 is 22.5 Å². The summed E-state index contributed by atoms with van der Waals surface area (Å²) in [6, 6.07) is 17.9. The van der Waals surface area contributed by atoms with Gasteiger partial charge < -0.3 is 9.88 Å². The summed E-state index contributed by atoms with van der Waals surface area (Å²) in [6.07, 6.45) is 0. The number of carbonyl (C=O) groups is 1. The number of halogens is 1. The third kappa shape index (κ3) is 4.66. The third-order valence-electron chi connectivity index (χ3n) is 5.13. The van der Waals surface area contributed by atoms with Gasteiger partial charge in [-0.15, -0.1) is 0 Å². The molecule has 4 rings (SSSR count). The summed E-state index contributed by atoms with van der Waals surface area (Å²) >= 11 is 7.22. The number of rotatable bonds is 6. The minimum absolute atomic E-state index is 0.0626. The zero-order valence-electron chi connectivity index (χ0n) is 17.8. The summed E-state index contributed by atoms with van der Waals surface area (Å²) in [7, 11) is -2.37. The van der Waals surface area contributed by atoms with Crippen LogP contribution in [-0.2, 0) is 21.9 Å². The molecule has 0 saturated carbocycles. The summed E-state index contributed by atoms with van der Waals surface area (Å²) in [6.45, 7) is 1.30. The molecule has 0 bridgehead atoms. The van der Waals surface area contributed by atoms with Crippen LogP contribution in [0.1, 0.15) is 5.56 Å². The van der Waals surface area contributed by atoms with Crippen molar-refractivity contribution in [2.45, 2.75) is 11.8 Å². The topological polar surface area (TPSA) is 88.5 Å². The summed E-state index contributed by atoms with van der Waals surface area (Å²) in [5.74, 6) is -0.531. The number of sulfonamides is 1. The molecule has 0 aliphatic carbocycles. The summed E-state index contributed by atoms with van der Waals surface area (Å²) in [4.78, 5) is 24.8. The molecule has 0 saturated heterocycles. The van der Waals surface area contributed by atoms with Gasteiger partial charge in [-0.3, -0.25) is 13.9 Å². The Balaban J connectivity index is 1.68. The van der Waals surface area contributed by atoms with E-state index in [1.807, 2.05) is 0 Å². The minimum atomic E-state index is -4.05. The number of amides is 1. The second kappa shape index (κ2) is 9.01. The van der Waals surface area contributed by atoms with Crippen LogP contribution in [0.2, 0.25) is 5.02 Å². The molecule has 1 N–H and O–H groups in total. The Morgan fingerprint density at radius 1 is 1.09 bits per heavy atom. The molecule has 0 unspecified atom stereocenters. The number of aromatic nitrogens is 1. The first kappa shape index (κ1) is 23.0. The smallest absolute Gasteiger partial charge is 0.307 e. The van der Waals surface area contributed by atoms with E-state index >= 15 is 0 Å². The van der Waals surface area contributed by atoms with Gasteiger partial charge in [-0.05, 0) is 55.0 Å². The highest BCUT2D eigenvalue weighted by molar-refractivity contribution is 7.92. The largest absolute Gasteiger partial charge is 0.324 e. The van der Waals surface area contributed by atoms with Crippen molar-refractivity contribution >= 4 is 60.5 Å². The van der Waals surface area contributed by atoms with E-state index in [1.54, 1.807) is 62.5 Å². The molecule has 33 heavy (non-hydrogen) atoms. The number of fused-ring (bicyclic) bond motifs is 1. The molecule has 0 radical (unpaired) electrons. The SMILES string of the molecule is Cc1ccc(Cl)cc1N(CC(=O)Nc1ccc2c(c1)sc(=O)n2C)S(=O)(=O)c1ccccc1. The molecule has 170 valence electrons. The standard InChI is InChI=1S/C23H20ClN3O4S2/c1-15-8-9-16(24)12-20(15)27(33(30,31)18-6-4-3-5-7-18)14-22(28)25-17-10-11-19-21(13-17)32-23(29)26(19)2/h3-13H,14H2,1-2H3,(H,25,28). The van der Waals surface area contributed by atoms with Crippen LogP contribution in [0, 0.1) is 6.92 Å². The molecule has 7 nitrogen and oxygen atoms in total. The van der Waals surface area contributed by atoms with Gasteiger partial charge in [0, 0.05) is 17.8 Å². The Labute approximate surface area is 199 Å². The lowest BCUT2D eigenvalue weighted by atomic mass is 10.2. The maximum absolute atomic E-state index is 13.5. The van der Waals surface area contributed by atoms with Gasteiger partial charge in [0.05, 0.1) is 20.8 Å². The molecule has 1 aromatic heterocycles. The van der Waals surface area contributed by atoms with Gasteiger partial charge in [-0.25, -0.2) is 8.42 Å². The van der Waals surface area contributed by atoms with Crippen LogP contribution in [0.4, 0.5) is 11.4 Å². The maximum atomic E-state index is 13.5. The van der Waals surface area contributed by atoms with Crippen LogP contribution in [0.5, 0.6) is 0 Å². The van der Waals surface area contributed by atoms with Crippen LogP contribution in [0.25, 0.3) is 10.2 Å². The fourth-order valence-corrected chi connectivity index (χ4v) is 6.00. The fraction of sp³-hybridized carbons (Fsp3) is 0.130. The molecule has 0 fully saturated rings. The number of hydrogen-bond acceptors (Lipinski definition) is 5. The van der Waals surface area contributed by atoms with Crippen molar-refractivity contribution in [1.82, 2.24) is 4.57 Å². The molecule has 3 aromatic carbocycles. The number of anilines is 2. The normalized spacial score (nSPS) is 11.5. The van der Waals surface area contributed by atoms with Gasteiger partial charge >= 0.3 is 4.87 Å². The molecule has 0 atom stereocenters. The molecule has 1 heterocycles. The average Bonchev–Trinajstić information content (AvgIpc) is 3.07. The van der Waals surface area contributed by atoms with Crippen LogP contribution in [0.3, 0.4) is 0 Å². The van der Waals surface area contributed by atoms with Crippen LogP contribution < -0.4 is 14.5 Å². The van der Waals surface area contributed by atoms with Crippen molar-refractivity contribution in [1.29, 1.82) is 0 Å². The van der Waals surface area contributed by atoms with Crippen LogP contribution in [0.15, 0.2) is 76.4 Å². The van der Waals surface area contributed by atoms with E-state index in [0.717, 1.165) is 25.9 Å². The molecule has 0 aliphatic rings. The highest BCUT2D eigenvalue weighted by Gasteiger charge is 2.28. The second-order valence-electron chi connectivity index (χ2n) is 7.41. The van der Waals surface area contributed by atoms with Crippen LogP contribution >= 0.6 is 22.9 Å². The molecule has 10 heteroatoms. The van der Waals surface area contributed by atoms with Gasteiger partial charge in [0.2, 0.25) is 5.91 Å². The van der Waals surface area contributed by atoms with Gasteiger partial charge in [0.15, 0.2) is 0 Å². The zero-order chi connectivity index (χ0) is 23.8. The van der Waals surface area contributed by atoms with Gasteiger partial charge in [-0.1, -0.05) is 47.2 Å². The summed E-state index contributed by atoms with van der Waals surface area (Å²) in [5.41, 5.74) is 2.19. The van der Waals surface area contributed by atoms with Crippen molar-refractivity contribution < 1.29 is 13.2 Å². The van der Waals surface area contributed by atoms with E-state index in [1.165, 1.54) is 22.8 Å². The Morgan fingerprint density at radius 2 is 1.82 bits per heavy atom. The Morgan fingerprint density at radius 3 is 2.55 bits per heavy atom. The number of nitrogens with zero attached hydrogens (tertiary/aromatic N) is 2. The lowest BCUT2D eigenvalue weighted by molar-refractivity contribution is -0.114. The predicted octanol–water partition coefficient (Wildman–Crippen LogP) is 4.40. The van der Waals surface area contributed by atoms with E-state index in [2.05, 4.69) is 5.32 Å². The number of benzene rings is 3. The van der Waals surface area contributed by atoms with Crippen molar-refractivity contribution in [3.63, 3.8) is 0 Å². The number of nitrogens with one attached hydrogen (secondary N) is 1. The Kier molecular flexibility index (Phi) is 6.29. The molecule has 1 amide bonds. The number of thiazole rings is 1. The van der Waals surface area contributed by atoms with Crippen LogP contribution in [-0.4, -0.2) is 25.4 Å². The molecule has 0 spiro atoms. The highest BCUT2D eigenvalue weighted by Crippen LogP contribution is 2.29. The third-order valence-corrected chi connectivity index (χ3v) is 8.14. The molecular weight excluding hydrogens is 482 g/mol. The van der Waals surface area contributed by atoms with Gasteiger partial charge in [-0.2, -0.15) is 0 Å². The van der Waals surface area contributed by atoms with Crippen molar-refractivity contribution in [3.05, 3.63) is 87.0 Å². The van der Waals surface area contributed by atoms with Crippen molar-refractivity contribution in [2.24, 2.45) is 7.05 Å². The number of hydrogen-bond donors (Lipinski definition) is 1. The fourth-order valence-electron chi connectivity index (χ4n) is 3.41. The van der Waals surface area contributed by atoms with Crippen molar-refractivity contribution in [3.8, 4) is 0 Å². The average molecular weight is 502 g/mol. The highest BCUT2D eigenvalue weighted by atomic mass is 35.5. The minimum Gasteiger partial charge on any atom is -0.324 e. The summed E-state index contributed by atoms with van der Waals surface area (Å²) < 4.78 is 30.2. The number of aryl methyl sites for hydroxylation is 2. The maximum Gasteiger partial charge on any atom is 0.307 e. The molecule has 0 aliphatic heterocycles. The van der Waals surface area contributed by atoms with Crippen molar-refractivity contribution in [2.75, 3.05) is 16.2 Å². The molecule has 4 aromatic rings. The first-order chi connectivity index (χ1) is 15.7. The lowest BCUT2D eigenvalue weighted by Crippen LogP contribution is -2.38. The zero-order valence-corrected chi connectivity index (χ0v) is 20.2. The molecular formula is C23H20ClN3O4S2. The van der Waals surface area contributed by atoms with Gasteiger partial charge in [0.25, 0.3) is 10.0 Å². The monoisotopic (exact) mass is 501 g/mol. The van der Waals surface area contributed by atoms with E-state index in [0.29, 0.717) is 22.0 Å². The predicted molar refractivity (Wildman–Crippen MR) is 133 cm³/mol. The quantitative estimate of drug-likeness (QED) is 0.424. The summed E-state index contributed by atoms with van der Waals surface area (Å²) in [5, 5.41) is 3.09. The lowest BCUT2D eigenvalue weighted by Gasteiger charge is -2.26. The Hall–Kier alpha value is -3.14. The van der Waals surface area contributed by atoms with E-state index in [-0.39, 0.29) is 9.77 Å².